The van der Waals surface area contributed by atoms with Crippen molar-refractivity contribution in [3.05, 3.63) is 40.1 Å². The van der Waals surface area contributed by atoms with Crippen LogP contribution in [0, 0.1) is 22.7 Å². The first-order valence-corrected chi connectivity index (χ1v) is 11.2. The molecule has 1 saturated carbocycles. The summed E-state index contributed by atoms with van der Waals surface area (Å²) in [7, 11) is 2.05. The van der Waals surface area contributed by atoms with Crippen molar-refractivity contribution in [3.63, 3.8) is 0 Å². The van der Waals surface area contributed by atoms with Gasteiger partial charge in [0.15, 0.2) is 0 Å². The number of halogens is 3. The largest absolute Gasteiger partial charge is 0.418 e. The number of fused-ring (bicyclic) bond motifs is 1. The number of nitrogens with one attached hydrogen (secondary N) is 2. The minimum atomic E-state index is -4.66. The summed E-state index contributed by atoms with van der Waals surface area (Å²) in [6, 6.07) is 2.35. The van der Waals surface area contributed by atoms with Crippen LogP contribution < -0.4 is 16.5 Å². The summed E-state index contributed by atoms with van der Waals surface area (Å²) in [5, 5.41) is 9.16. The third kappa shape index (κ3) is 3.85. The molecule has 0 amide bonds. The molecule has 3 atom stereocenters. The number of ether oxygens (including phenoxy) is 1. The number of nitrogens with zero attached hydrogens (tertiary/aromatic N) is 4. The topological polar surface area (TPSA) is 86.7 Å². The number of alkyl halides is 3. The molecule has 3 aliphatic rings. The first-order chi connectivity index (χ1) is 15.7. The van der Waals surface area contributed by atoms with Gasteiger partial charge in [-0.05, 0) is 44.7 Å². The van der Waals surface area contributed by atoms with Crippen molar-refractivity contribution < 1.29 is 17.9 Å². The minimum Gasteiger partial charge on any atom is -0.380 e. The van der Waals surface area contributed by atoms with E-state index in [0.717, 1.165) is 49.2 Å². The predicted octanol–water partition coefficient (Wildman–Crippen LogP) is 2.45. The van der Waals surface area contributed by atoms with Crippen LogP contribution in [-0.4, -0.2) is 47.0 Å². The number of hydrogen-bond acceptors (Lipinski definition) is 6. The van der Waals surface area contributed by atoms with E-state index in [9.17, 15) is 18.0 Å². The molecule has 8 nitrogen and oxygen atoms in total. The number of nitriles is 1. The number of hydrazine groups is 1. The quantitative estimate of drug-likeness (QED) is 0.723. The lowest BCUT2D eigenvalue weighted by molar-refractivity contribution is -0.167. The molecule has 2 saturated heterocycles. The number of pyridine rings is 1. The predicted molar refractivity (Wildman–Crippen MR) is 113 cm³/mol. The van der Waals surface area contributed by atoms with E-state index in [1.807, 2.05) is 0 Å². The van der Waals surface area contributed by atoms with Gasteiger partial charge in [-0.2, -0.15) is 18.4 Å². The molecule has 3 unspecified atom stereocenters. The lowest BCUT2D eigenvalue weighted by atomic mass is 9.64. The van der Waals surface area contributed by atoms with Crippen LogP contribution in [0.15, 0.2) is 23.3 Å². The second-order valence-corrected chi connectivity index (χ2v) is 9.65. The molecule has 11 heteroatoms. The summed E-state index contributed by atoms with van der Waals surface area (Å²) in [5.74, 6) is 0.312. The van der Waals surface area contributed by atoms with Gasteiger partial charge in [0.2, 0.25) is 0 Å². The van der Waals surface area contributed by atoms with E-state index in [-0.39, 0.29) is 28.7 Å². The van der Waals surface area contributed by atoms with E-state index in [0.29, 0.717) is 19.1 Å². The summed E-state index contributed by atoms with van der Waals surface area (Å²) >= 11 is 0. The SMILES string of the molecule is CN1CNNC1CC1(C2CCCC(n3cc4c(C(F)(F)F)cc(C#N)cn4c3=O)C2)COC1. The van der Waals surface area contributed by atoms with Crippen molar-refractivity contribution in [2.24, 2.45) is 11.3 Å². The highest BCUT2D eigenvalue weighted by atomic mass is 19.4. The zero-order chi connectivity index (χ0) is 23.4. The lowest BCUT2D eigenvalue weighted by Gasteiger charge is -2.51. The lowest BCUT2D eigenvalue weighted by Crippen LogP contribution is -2.54. The molecule has 33 heavy (non-hydrogen) atoms. The van der Waals surface area contributed by atoms with Gasteiger partial charge in [0.05, 0.1) is 42.7 Å². The molecule has 0 radical (unpaired) electrons. The molecule has 5 rings (SSSR count). The number of aromatic nitrogens is 2. The van der Waals surface area contributed by atoms with Gasteiger partial charge >= 0.3 is 11.9 Å². The van der Waals surface area contributed by atoms with Crippen molar-refractivity contribution in [1.82, 2.24) is 24.7 Å². The highest BCUT2D eigenvalue weighted by Gasteiger charge is 2.49. The van der Waals surface area contributed by atoms with Crippen LogP contribution in [0.25, 0.3) is 5.52 Å². The third-order valence-electron chi connectivity index (χ3n) is 7.64. The summed E-state index contributed by atoms with van der Waals surface area (Å²) in [5.41, 5.74) is 4.55. The Morgan fingerprint density at radius 3 is 2.70 bits per heavy atom. The van der Waals surface area contributed by atoms with Gasteiger partial charge in [0.25, 0.3) is 0 Å². The Labute approximate surface area is 188 Å². The van der Waals surface area contributed by atoms with Gasteiger partial charge in [-0.3, -0.25) is 13.9 Å². The Hall–Kier alpha value is -2.39. The average Bonchev–Trinajstić information content (AvgIpc) is 3.32. The average molecular weight is 464 g/mol. The van der Waals surface area contributed by atoms with Gasteiger partial charge < -0.3 is 4.74 Å². The van der Waals surface area contributed by atoms with E-state index in [2.05, 4.69) is 22.8 Å². The summed E-state index contributed by atoms with van der Waals surface area (Å²) in [6.07, 6.45) is 2.32. The molecule has 0 aromatic carbocycles. The Morgan fingerprint density at radius 1 is 1.30 bits per heavy atom. The van der Waals surface area contributed by atoms with Gasteiger partial charge in [-0.15, -0.1) is 0 Å². The molecular weight excluding hydrogens is 437 g/mol. The fraction of sp³-hybridized carbons (Fsp3) is 0.636. The van der Waals surface area contributed by atoms with Crippen LogP contribution >= 0.6 is 0 Å². The number of imidazole rings is 1. The van der Waals surface area contributed by atoms with Gasteiger partial charge in [0, 0.05) is 23.9 Å². The van der Waals surface area contributed by atoms with Crippen LogP contribution in [0.3, 0.4) is 0 Å². The maximum atomic E-state index is 13.7. The van der Waals surface area contributed by atoms with E-state index in [1.54, 1.807) is 6.07 Å². The highest BCUT2D eigenvalue weighted by Crippen LogP contribution is 2.49. The van der Waals surface area contributed by atoms with E-state index in [4.69, 9.17) is 10.00 Å². The Bertz CT molecular complexity index is 1150. The molecule has 2 N–H and O–H groups in total. The van der Waals surface area contributed by atoms with E-state index < -0.39 is 17.4 Å². The zero-order valence-electron chi connectivity index (χ0n) is 18.4. The number of hydrogen-bond donors (Lipinski definition) is 2. The standard InChI is InChI=1S/C22H27F3N6O2/c1-29-13-27-28-19(29)7-21(11-33-12-21)15-3-2-4-16(6-15)30-10-18-17(22(23,24)25)5-14(8-26)9-31(18)20(30)32/h5,9-10,15-16,19,27-28H,2-4,6-7,11-13H2,1H3. The normalized spacial score (nSPS) is 28.0. The molecule has 4 heterocycles. The van der Waals surface area contributed by atoms with Crippen LogP contribution in [0.4, 0.5) is 13.2 Å². The third-order valence-corrected chi connectivity index (χ3v) is 7.64. The molecule has 0 spiro atoms. The molecule has 0 bridgehead atoms. The summed E-state index contributed by atoms with van der Waals surface area (Å²) in [4.78, 5) is 15.3. The first-order valence-electron chi connectivity index (χ1n) is 11.2. The van der Waals surface area contributed by atoms with E-state index in [1.165, 1.54) is 17.0 Å². The molecule has 178 valence electrons. The van der Waals surface area contributed by atoms with Crippen LogP contribution in [0.5, 0.6) is 0 Å². The van der Waals surface area contributed by atoms with Crippen molar-refractivity contribution in [2.45, 2.75) is 50.5 Å². The van der Waals surface area contributed by atoms with Crippen LogP contribution in [0.1, 0.15) is 49.3 Å². The summed E-state index contributed by atoms with van der Waals surface area (Å²) in [6.45, 7) is 2.08. The highest BCUT2D eigenvalue weighted by molar-refractivity contribution is 5.57. The summed E-state index contributed by atoms with van der Waals surface area (Å²) < 4.78 is 49.0. The Morgan fingerprint density at radius 2 is 2.09 bits per heavy atom. The second kappa shape index (κ2) is 8.13. The molecule has 2 aliphatic heterocycles. The van der Waals surface area contributed by atoms with Gasteiger partial charge in [0.1, 0.15) is 6.07 Å². The Balaban J connectivity index is 1.46. The van der Waals surface area contributed by atoms with Crippen molar-refractivity contribution in [3.8, 4) is 6.07 Å². The maximum absolute atomic E-state index is 13.7. The first kappa shape index (κ1) is 22.4. The monoisotopic (exact) mass is 464 g/mol. The van der Waals surface area contributed by atoms with Crippen molar-refractivity contribution in [2.75, 3.05) is 26.9 Å². The maximum Gasteiger partial charge on any atom is 0.418 e. The zero-order valence-corrected chi connectivity index (χ0v) is 18.4. The van der Waals surface area contributed by atoms with Crippen molar-refractivity contribution in [1.29, 1.82) is 5.26 Å². The minimum absolute atomic E-state index is 0.00943. The van der Waals surface area contributed by atoms with Crippen LogP contribution in [-0.2, 0) is 10.9 Å². The molecule has 3 fully saturated rings. The Kier molecular flexibility index (Phi) is 5.52. The van der Waals surface area contributed by atoms with Gasteiger partial charge in [-0.25, -0.2) is 15.6 Å². The van der Waals surface area contributed by atoms with Gasteiger partial charge in [-0.1, -0.05) is 6.42 Å². The molecule has 2 aromatic rings. The fourth-order valence-electron chi connectivity index (χ4n) is 5.71. The molecule has 2 aromatic heterocycles. The molecule has 1 aliphatic carbocycles. The second-order valence-electron chi connectivity index (χ2n) is 9.65. The smallest absolute Gasteiger partial charge is 0.380 e. The number of rotatable bonds is 4. The fourth-order valence-corrected chi connectivity index (χ4v) is 5.71. The van der Waals surface area contributed by atoms with Crippen LogP contribution in [0.2, 0.25) is 0 Å². The molecular formula is C22H27F3N6O2. The van der Waals surface area contributed by atoms with Crippen molar-refractivity contribution >= 4 is 5.52 Å². The van der Waals surface area contributed by atoms with E-state index >= 15 is 0 Å².